The van der Waals surface area contributed by atoms with Crippen molar-refractivity contribution in [1.29, 1.82) is 0 Å². The summed E-state index contributed by atoms with van der Waals surface area (Å²) in [5.74, 6) is -0.263. The maximum atomic E-state index is 13.5. The molecule has 3 aromatic rings. The first-order chi connectivity index (χ1) is 20.8. The molecule has 5 heterocycles. The van der Waals surface area contributed by atoms with E-state index in [4.69, 9.17) is 9.73 Å². The average Bonchev–Trinajstić information content (AvgIpc) is 3.64. The summed E-state index contributed by atoms with van der Waals surface area (Å²) in [7, 11) is 1.52. The van der Waals surface area contributed by atoms with Crippen molar-refractivity contribution in [2.75, 3.05) is 38.3 Å². The number of carbonyl (C=O) groups excluding carboxylic acids is 2. The number of halogens is 1. The van der Waals surface area contributed by atoms with E-state index in [1.165, 1.54) is 28.8 Å². The quantitative estimate of drug-likeness (QED) is 0.295. The molecule has 1 saturated heterocycles. The Balaban J connectivity index is 1.38. The molecule has 0 N–H and O–H groups in total. The number of fused-ring (bicyclic) bond motifs is 1. The molecule has 13 heteroatoms. The van der Waals surface area contributed by atoms with Gasteiger partial charge in [-0.25, -0.2) is 19.8 Å². The number of carbonyl (C=O) groups is 2. The van der Waals surface area contributed by atoms with Crippen molar-refractivity contribution in [3.05, 3.63) is 80.1 Å². The van der Waals surface area contributed by atoms with Crippen LogP contribution < -0.4 is 16.1 Å². The average molecular weight is 592 g/mol. The van der Waals surface area contributed by atoms with Crippen LogP contribution in [-0.4, -0.2) is 74.9 Å². The fraction of sp³-hybridized carbons (Fsp3) is 0.433. The molecule has 0 atom stereocenters. The largest absolute Gasteiger partial charge is 0.383 e. The highest BCUT2D eigenvalue weighted by Crippen LogP contribution is 2.26. The Morgan fingerprint density at radius 1 is 1.05 bits per heavy atom. The summed E-state index contributed by atoms with van der Waals surface area (Å²) in [6.07, 6.45) is 5.56. The van der Waals surface area contributed by atoms with Crippen molar-refractivity contribution in [2.24, 2.45) is 4.99 Å². The molecule has 0 radical (unpaired) electrons. The summed E-state index contributed by atoms with van der Waals surface area (Å²) in [6, 6.07) is 5.91. The van der Waals surface area contributed by atoms with Crippen LogP contribution in [0.15, 0.2) is 51.2 Å². The molecule has 0 saturated carbocycles. The molecular formula is C30H34FN7O5. The lowest BCUT2D eigenvalue weighted by Gasteiger charge is -2.21. The number of aromatic nitrogens is 4. The third kappa shape index (κ3) is 6.31. The first kappa shape index (κ1) is 30.0. The maximum absolute atomic E-state index is 13.5. The number of aliphatic imine (C=N–C) groups is 1. The highest BCUT2D eigenvalue weighted by molar-refractivity contribution is 6.07. The van der Waals surface area contributed by atoms with Gasteiger partial charge in [0.25, 0.3) is 11.5 Å². The third-order valence-electron chi connectivity index (χ3n) is 7.60. The Kier molecular flexibility index (Phi) is 9.19. The SMILES string of the molecule is CCCn1c2c(c(=O)n(CCCN3CCCC3=O)c1=O)CC(c1ccc(N(CCOC)C(=O)c3ccc(F)nc3)nc1)=N2. The first-order valence-corrected chi connectivity index (χ1v) is 14.4. The summed E-state index contributed by atoms with van der Waals surface area (Å²) in [6.45, 7) is 4.27. The van der Waals surface area contributed by atoms with Gasteiger partial charge in [0.05, 0.1) is 30.0 Å². The minimum atomic E-state index is -0.685. The lowest BCUT2D eigenvalue weighted by atomic mass is 10.1. The van der Waals surface area contributed by atoms with Gasteiger partial charge in [-0.15, -0.1) is 0 Å². The highest BCUT2D eigenvalue weighted by Gasteiger charge is 2.27. The Labute approximate surface area is 247 Å². The van der Waals surface area contributed by atoms with Crippen molar-refractivity contribution in [3.8, 4) is 0 Å². The zero-order chi connectivity index (χ0) is 30.5. The molecule has 5 rings (SSSR count). The molecule has 0 unspecified atom stereocenters. The lowest BCUT2D eigenvalue weighted by molar-refractivity contribution is -0.127. The van der Waals surface area contributed by atoms with Crippen molar-refractivity contribution >= 4 is 29.2 Å². The fourth-order valence-corrected chi connectivity index (χ4v) is 5.39. The van der Waals surface area contributed by atoms with Crippen molar-refractivity contribution in [1.82, 2.24) is 24.0 Å². The van der Waals surface area contributed by atoms with Crippen LogP contribution in [0.5, 0.6) is 0 Å². The number of hydrogen-bond donors (Lipinski definition) is 0. The third-order valence-corrected chi connectivity index (χ3v) is 7.60. The van der Waals surface area contributed by atoms with Crippen molar-refractivity contribution in [2.45, 2.75) is 52.1 Å². The van der Waals surface area contributed by atoms with Crippen LogP contribution >= 0.6 is 0 Å². The van der Waals surface area contributed by atoms with Gasteiger partial charge in [-0.3, -0.25) is 28.4 Å². The number of likely N-dealkylation sites (tertiary alicyclic amines) is 1. The number of hydrogen-bond acceptors (Lipinski definition) is 8. The summed E-state index contributed by atoms with van der Waals surface area (Å²) in [5, 5.41) is 0. The second kappa shape index (κ2) is 13.2. The predicted octanol–water partition coefficient (Wildman–Crippen LogP) is 2.33. The molecule has 3 aromatic heterocycles. The lowest BCUT2D eigenvalue weighted by Crippen LogP contribution is -2.42. The number of anilines is 1. The van der Waals surface area contributed by atoms with Crippen LogP contribution in [0.3, 0.4) is 0 Å². The summed E-state index contributed by atoms with van der Waals surface area (Å²) >= 11 is 0. The Morgan fingerprint density at radius 3 is 2.53 bits per heavy atom. The predicted molar refractivity (Wildman–Crippen MR) is 158 cm³/mol. The summed E-state index contributed by atoms with van der Waals surface area (Å²) in [5.41, 5.74) is 1.12. The van der Waals surface area contributed by atoms with Crippen LogP contribution in [0.2, 0.25) is 0 Å². The normalized spacial score (nSPS) is 14.3. The smallest absolute Gasteiger partial charge is 0.332 e. The van der Waals surface area contributed by atoms with E-state index in [1.54, 1.807) is 27.8 Å². The van der Waals surface area contributed by atoms with Gasteiger partial charge in [0.15, 0.2) is 0 Å². The molecule has 0 aromatic carbocycles. The van der Waals surface area contributed by atoms with Crippen LogP contribution in [0.25, 0.3) is 0 Å². The molecule has 0 aliphatic carbocycles. The molecule has 2 aliphatic heterocycles. The van der Waals surface area contributed by atoms with E-state index in [0.29, 0.717) is 67.4 Å². The number of amides is 2. The van der Waals surface area contributed by atoms with Gasteiger partial charge in [-0.1, -0.05) is 6.92 Å². The van der Waals surface area contributed by atoms with Gasteiger partial charge < -0.3 is 9.64 Å². The van der Waals surface area contributed by atoms with Gasteiger partial charge in [0.2, 0.25) is 11.9 Å². The van der Waals surface area contributed by atoms with Crippen LogP contribution in [0.4, 0.5) is 16.0 Å². The number of rotatable bonds is 12. The molecule has 0 bridgehead atoms. The molecule has 2 amide bonds. The Bertz CT molecular complexity index is 1650. The molecule has 0 spiro atoms. The summed E-state index contributed by atoms with van der Waals surface area (Å²) < 4.78 is 21.3. The molecule has 1 fully saturated rings. The second-order valence-corrected chi connectivity index (χ2v) is 10.5. The summed E-state index contributed by atoms with van der Waals surface area (Å²) in [4.78, 5) is 67.9. The molecule has 43 heavy (non-hydrogen) atoms. The zero-order valence-corrected chi connectivity index (χ0v) is 24.3. The molecule has 2 aliphatic rings. The molecule has 12 nitrogen and oxygen atoms in total. The van der Waals surface area contributed by atoms with E-state index in [2.05, 4.69) is 9.97 Å². The Morgan fingerprint density at radius 2 is 1.88 bits per heavy atom. The topological polar surface area (TPSA) is 132 Å². The van der Waals surface area contributed by atoms with Crippen LogP contribution in [0.1, 0.15) is 54.1 Å². The second-order valence-electron chi connectivity index (χ2n) is 10.5. The Hall–Kier alpha value is -4.52. The van der Waals surface area contributed by atoms with E-state index < -0.39 is 17.5 Å². The monoisotopic (exact) mass is 591 g/mol. The molecule has 226 valence electrons. The zero-order valence-electron chi connectivity index (χ0n) is 24.3. The van der Waals surface area contributed by atoms with E-state index in [1.807, 2.05) is 6.92 Å². The van der Waals surface area contributed by atoms with Gasteiger partial charge in [-0.2, -0.15) is 4.39 Å². The number of methoxy groups -OCH3 is 1. The highest BCUT2D eigenvalue weighted by atomic mass is 19.1. The van der Waals surface area contributed by atoms with Gasteiger partial charge >= 0.3 is 5.69 Å². The molecular weight excluding hydrogens is 557 g/mol. The van der Waals surface area contributed by atoms with E-state index in [0.717, 1.165) is 12.5 Å². The minimum absolute atomic E-state index is 0.112. The van der Waals surface area contributed by atoms with Gasteiger partial charge in [0.1, 0.15) is 11.6 Å². The first-order valence-electron chi connectivity index (χ1n) is 14.4. The van der Waals surface area contributed by atoms with Crippen molar-refractivity contribution in [3.63, 3.8) is 0 Å². The van der Waals surface area contributed by atoms with Gasteiger partial charge in [-0.05, 0) is 43.5 Å². The standard InChI is InChI=1S/C30H34FN7O5/c1-3-11-37-27-22(29(41)38(30(37)42)14-5-13-35-12-4-6-26(35)39)17-23(34-27)20-8-10-25(33-18-20)36(15-16-43-2)28(40)21-7-9-24(31)32-19-21/h7-10,18-19H,3-6,11-17H2,1-2H3. The van der Waals surface area contributed by atoms with E-state index in [-0.39, 0.29) is 43.1 Å². The van der Waals surface area contributed by atoms with Gasteiger partial charge in [0, 0.05) is 64.1 Å². The van der Waals surface area contributed by atoms with E-state index in [9.17, 15) is 23.6 Å². The van der Waals surface area contributed by atoms with Crippen molar-refractivity contribution < 1.29 is 18.7 Å². The van der Waals surface area contributed by atoms with Crippen LogP contribution in [-0.2, 0) is 29.0 Å². The fourth-order valence-electron chi connectivity index (χ4n) is 5.39. The maximum Gasteiger partial charge on any atom is 0.332 e. The van der Waals surface area contributed by atoms with E-state index >= 15 is 0 Å². The minimum Gasteiger partial charge on any atom is -0.383 e. The number of ether oxygens (including phenoxy) is 1. The number of nitrogens with zero attached hydrogens (tertiary/aromatic N) is 7. The number of pyridine rings is 2. The van der Waals surface area contributed by atoms with Crippen LogP contribution in [0, 0.1) is 5.95 Å².